The Morgan fingerprint density at radius 2 is 1.63 bits per heavy atom. The fourth-order valence-corrected chi connectivity index (χ4v) is 4.63. The summed E-state index contributed by atoms with van der Waals surface area (Å²) in [6.45, 7) is 10.5. The van der Waals surface area contributed by atoms with Crippen LogP contribution in [0, 0.1) is 0 Å². The largest absolute Gasteiger partial charge is 0.364 e. The molecule has 0 atom stereocenters. The van der Waals surface area contributed by atoms with E-state index in [9.17, 15) is 0 Å². The van der Waals surface area contributed by atoms with Crippen LogP contribution in [0.25, 0.3) is 16.7 Å². The van der Waals surface area contributed by atoms with Gasteiger partial charge in [0.05, 0.1) is 16.2 Å². The molecule has 2 aromatic carbocycles. The standard InChI is InChI=1S/C23H25Cl3O/c1-6-14-7-8-15(17-10-9-16(24)12-20(17)25)11-18(14)19-13-22(2,3)27-23(4,5)21(19)26/h7-12H,6,13H2,1-5H3. The molecular formula is C23H25Cl3O. The molecule has 0 unspecified atom stereocenters. The van der Waals surface area contributed by atoms with Crippen LogP contribution < -0.4 is 0 Å². The summed E-state index contributed by atoms with van der Waals surface area (Å²) >= 11 is 19.3. The Bertz CT molecular complexity index is 910. The average molecular weight is 424 g/mol. The maximum atomic E-state index is 6.83. The van der Waals surface area contributed by atoms with Crippen molar-refractivity contribution in [1.29, 1.82) is 0 Å². The van der Waals surface area contributed by atoms with Gasteiger partial charge in [-0.15, -0.1) is 0 Å². The van der Waals surface area contributed by atoms with Gasteiger partial charge in [-0.25, -0.2) is 0 Å². The Kier molecular flexibility index (Phi) is 5.72. The lowest BCUT2D eigenvalue weighted by molar-refractivity contribution is -0.103. The number of benzene rings is 2. The maximum Gasteiger partial charge on any atom is 0.0990 e. The van der Waals surface area contributed by atoms with Crippen LogP contribution in [0.2, 0.25) is 10.0 Å². The number of ether oxygens (including phenoxy) is 1. The zero-order valence-electron chi connectivity index (χ0n) is 16.4. The summed E-state index contributed by atoms with van der Waals surface area (Å²) in [6, 6.07) is 12.1. The first-order chi connectivity index (χ1) is 12.5. The number of halogens is 3. The molecule has 0 N–H and O–H groups in total. The van der Waals surface area contributed by atoms with E-state index in [0.717, 1.165) is 34.6 Å². The molecule has 27 heavy (non-hydrogen) atoms. The third kappa shape index (κ3) is 4.22. The summed E-state index contributed by atoms with van der Waals surface area (Å²) in [4.78, 5) is 0. The second-order valence-corrected chi connectivity index (χ2v) is 9.41. The van der Waals surface area contributed by atoms with Crippen molar-refractivity contribution in [1.82, 2.24) is 0 Å². The van der Waals surface area contributed by atoms with Gasteiger partial charge in [-0.05, 0) is 74.6 Å². The van der Waals surface area contributed by atoms with E-state index in [4.69, 9.17) is 39.5 Å². The molecule has 0 fully saturated rings. The van der Waals surface area contributed by atoms with Crippen molar-refractivity contribution in [3.8, 4) is 11.1 Å². The molecule has 0 amide bonds. The van der Waals surface area contributed by atoms with Crippen LogP contribution >= 0.6 is 34.8 Å². The van der Waals surface area contributed by atoms with E-state index in [0.29, 0.717) is 10.0 Å². The van der Waals surface area contributed by atoms with Crippen LogP contribution in [0.5, 0.6) is 0 Å². The van der Waals surface area contributed by atoms with E-state index >= 15 is 0 Å². The van der Waals surface area contributed by atoms with Crippen molar-refractivity contribution in [2.75, 3.05) is 0 Å². The summed E-state index contributed by atoms with van der Waals surface area (Å²) in [5, 5.41) is 2.05. The molecule has 1 nitrogen and oxygen atoms in total. The Hall–Kier alpha value is -0.990. The third-order valence-corrected chi connectivity index (χ3v) is 6.22. The van der Waals surface area contributed by atoms with E-state index < -0.39 is 5.60 Å². The van der Waals surface area contributed by atoms with Gasteiger partial charge in [0, 0.05) is 22.0 Å². The van der Waals surface area contributed by atoms with Gasteiger partial charge in [-0.1, -0.05) is 59.9 Å². The first-order valence-electron chi connectivity index (χ1n) is 9.22. The molecule has 0 aromatic heterocycles. The molecule has 0 bridgehead atoms. The van der Waals surface area contributed by atoms with Crippen molar-refractivity contribution in [2.45, 2.75) is 58.7 Å². The van der Waals surface area contributed by atoms with Crippen LogP contribution in [0.1, 0.15) is 52.2 Å². The number of rotatable bonds is 3. The highest BCUT2D eigenvalue weighted by atomic mass is 35.5. The summed E-state index contributed by atoms with van der Waals surface area (Å²) in [7, 11) is 0. The van der Waals surface area contributed by atoms with Gasteiger partial charge in [0.1, 0.15) is 0 Å². The van der Waals surface area contributed by atoms with Crippen LogP contribution in [-0.4, -0.2) is 11.2 Å². The molecule has 1 aliphatic heterocycles. The van der Waals surface area contributed by atoms with Crippen molar-refractivity contribution in [3.63, 3.8) is 0 Å². The molecule has 4 heteroatoms. The molecule has 0 spiro atoms. The van der Waals surface area contributed by atoms with Gasteiger partial charge >= 0.3 is 0 Å². The average Bonchev–Trinajstić information content (AvgIpc) is 2.57. The van der Waals surface area contributed by atoms with Gasteiger partial charge in [-0.2, -0.15) is 0 Å². The monoisotopic (exact) mass is 422 g/mol. The Morgan fingerprint density at radius 3 is 2.26 bits per heavy atom. The lowest BCUT2D eigenvalue weighted by atomic mass is 9.82. The minimum absolute atomic E-state index is 0.282. The molecule has 3 rings (SSSR count). The van der Waals surface area contributed by atoms with Gasteiger partial charge in [-0.3, -0.25) is 0 Å². The SMILES string of the molecule is CCc1ccc(-c2ccc(Cl)cc2Cl)cc1C1=C(Cl)C(C)(C)OC(C)(C)C1. The van der Waals surface area contributed by atoms with E-state index in [2.05, 4.69) is 39.0 Å². The highest BCUT2D eigenvalue weighted by Gasteiger charge is 2.40. The molecule has 0 saturated heterocycles. The quantitative estimate of drug-likeness (QED) is 0.484. The summed E-state index contributed by atoms with van der Waals surface area (Å²) in [6.07, 6.45) is 1.69. The van der Waals surface area contributed by atoms with E-state index in [1.807, 2.05) is 26.0 Å². The molecule has 2 aromatic rings. The second kappa shape index (κ2) is 7.44. The molecule has 144 valence electrons. The van der Waals surface area contributed by atoms with Gasteiger partial charge in [0.25, 0.3) is 0 Å². The highest BCUT2D eigenvalue weighted by molar-refractivity contribution is 6.36. The van der Waals surface area contributed by atoms with E-state index in [1.54, 1.807) is 6.07 Å². The van der Waals surface area contributed by atoms with Crippen LogP contribution in [-0.2, 0) is 11.2 Å². The van der Waals surface area contributed by atoms with Crippen molar-refractivity contribution >= 4 is 40.4 Å². The van der Waals surface area contributed by atoms with Gasteiger partial charge in [0.2, 0.25) is 0 Å². The molecule has 0 saturated carbocycles. The van der Waals surface area contributed by atoms with E-state index in [-0.39, 0.29) is 5.60 Å². The predicted molar refractivity (Wildman–Crippen MR) is 118 cm³/mol. The number of hydrogen-bond acceptors (Lipinski definition) is 1. The third-order valence-electron chi connectivity index (χ3n) is 4.99. The molecular weight excluding hydrogens is 399 g/mol. The first-order valence-corrected chi connectivity index (χ1v) is 10.4. The minimum Gasteiger partial charge on any atom is -0.364 e. The predicted octanol–water partition coefficient (Wildman–Crippen LogP) is 8.15. The number of aryl methyl sites for hydroxylation is 1. The zero-order valence-corrected chi connectivity index (χ0v) is 18.7. The van der Waals surface area contributed by atoms with Crippen molar-refractivity contribution in [2.24, 2.45) is 0 Å². The molecule has 0 radical (unpaired) electrons. The normalized spacial score (nSPS) is 18.7. The second-order valence-electron chi connectivity index (χ2n) is 8.19. The minimum atomic E-state index is -0.516. The molecule has 1 aliphatic rings. The smallest absolute Gasteiger partial charge is 0.0990 e. The maximum absolute atomic E-state index is 6.83. The Labute approximate surface area is 177 Å². The van der Waals surface area contributed by atoms with Gasteiger partial charge in [0.15, 0.2) is 0 Å². The summed E-state index contributed by atoms with van der Waals surface area (Å²) < 4.78 is 6.22. The van der Waals surface area contributed by atoms with Crippen LogP contribution in [0.3, 0.4) is 0 Å². The molecule has 1 heterocycles. The topological polar surface area (TPSA) is 9.23 Å². The summed E-state index contributed by atoms with van der Waals surface area (Å²) in [5.41, 5.74) is 4.83. The summed E-state index contributed by atoms with van der Waals surface area (Å²) in [5.74, 6) is 0. The molecule has 0 aliphatic carbocycles. The van der Waals surface area contributed by atoms with Crippen LogP contribution in [0.15, 0.2) is 41.4 Å². The van der Waals surface area contributed by atoms with Gasteiger partial charge < -0.3 is 4.74 Å². The number of hydrogen-bond donors (Lipinski definition) is 0. The lowest BCUT2D eigenvalue weighted by Gasteiger charge is -2.42. The fraction of sp³-hybridized carbons (Fsp3) is 0.391. The van der Waals surface area contributed by atoms with Crippen molar-refractivity contribution < 1.29 is 4.74 Å². The van der Waals surface area contributed by atoms with Crippen LogP contribution in [0.4, 0.5) is 0 Å². The Morgan fingerprint density at radius 1 is 0.926 bits per heavy atom. The Balaban J connectivity index is 2.20. The first kappa shape index (κ1) is 20.7. The lowest BCUT2D eigenvalue weighted by Crippen LogP contribution is -2.42. The zero-order chi connectivity index (χ0) is 20.0. The van der Waals surface area contributed by atoms with Crippen molar-refractivity contribution in [3.05, 3.63) is 62.6 Å². The van der Waals surface area contributed by atoms with E-state index in [1.165, 1.54) is 11.1 Å². The highest BCUT2D eigenvalue weighted by Crippen LogP contribution is 2.46. The fourth-order valence-electron chi connectivity index (χ4n) is 3.91.